The number of likely N-dealkylation sites (N-methyl/N-ethyl adjacent to an activating group) is 1. The summed E-state index contributed by atoms with van der Waals surface area (Å²) in [6, 6.07) is -0.267. The van der Waals surface area contributed by atoms with E-state index >= 15 is 0 Å². The molecule has 0 aromatic heterocycles. The highest BCUT2D eigenvalue weighted by molar-refractivity contribution is 5.92. The molecular weight excluding hydrogens is 362 g/mol. The molecule has 0 radical (unpaired) electrons. The highest BCUT2D eigenvalue weighted by Gasteiger charge is 2.37. The number of aliphatic hydroxyl groups excluding tert-OH is 1. The second-order valence-electron chi connectivity index (χ2n) is 8.77. The lowest BCUT2D eigenvalue weighted by molar-refractivity contribution is -0.128. The van der Waals surface area contributed by atoms with E-state index < -0.39 is 23.2 Å². The van der Waals surface area contributed by atoms with Gasteiger partial charge in [0, 0.05) is 33.2 Å². The number of nitrogens with zero attached hydrogens (tertiary/aromatic N) is 1. The molecule has 0 saturated carbocycles. The Bertz CT molecular complexity index is 484. The summed E-state index contributed by atoms with van der Waals surface area (Å²) in [6.45, 7) is 9.86. The lowest BCUT2D eigenvalue weighted by atomic mass is 9.86. The SMILES string of the molecule is COC[C@@](C)(O)C(O)C(C)N(C)C[C@H](C)C[C@](C)(CCC(=O)C(C)C=O)OC. The first-order chi connectivity index (χ1) is 12.8. The number of ketones is 1. The fourth-order valence-electron chi connectivity index (χ4n) is 3.58. The summed E-state index contributed by atoms with van der Waals surface area (Å²) in [5.74, 6) is -0.414. The van der Waals surface area contributed by atoms with Crippen LogP contribution in [0.3, 0.4) is 0 Å². The first-order valence-corrected chi connectivity index (χ1v) is 9.96. The Kier molecular flexibility index (Phi) is 11.6. The van der Waals surface area contributed by atoms with Gasteiger partial charge in [0.05, 0.1) is 24.2 Å². The Morgan fingerprint density at radius 2 is 1.79 bits per heavy atom. The van der Waals surface area contributed by atoms with E-state index in [-0.39, 0.29) is 24.3 Å². The Labute approximate surface area is 170 Å². The largest absolute Gasteiger partial charge is 0.388 e. The lowest BCUT2D eigenvalue weighted by Gasteiger charge is -2.39. The highest BCUT2D eigenvalue weighted by Crippen LogP contribution is 2.27. The van der Waals surface area contributed by atoms with Gasteiger partial charge in [-0.15, -0.1) is 0 Å². The van der Waals surface area contributed by atoms with Crippen molar-refractivity contribution in [3.63, 3.8) is 0 Å². The smallest absolute Gasteiger partial charge is 0.142 e. The third-order valence-electron chi connectivity index (χ3n) is 5.71. The molecule has 0 aliphatic rings. The van der Waals surface area contributed by atoms with Crippen LogP contribution < -0.4 is 0 Å². The lowest BCUT2D eigenvalue weighted by Crippen LogP contribution is -2.54. The van der Waals surface area contributed by atoms with Gasteiger partial charge in [-0.2, -0.15) is 0 Å². The molecule has 0 saturated heterocycles. The van der Waals surface area contributed by atoms with Crippen LogP contribution in [0, 0.1) is 11.8 Å². The molecule has 0 spiro atoms. The van der Waals surface area contributed by atoms with Crippen LogP contribution in [0.4, 0.5) is 0 Å². The molecule has 0 bridgehead atoms. The van der Waals surface area contributed by atoms with Crippen LogP contribution in [0.5, 0.6) is 0 Å². The van der Waals surface area contributed by atoms with Crippen molar-refractivity contribution in [3.8, 4) is 0 Å². The zero-order valence-electron chi connectivity index (χ0n) is 18.9. The van der Waals surface area contributed by atoms with Crippen LogP contribution in [0.15, 0.2) is 0 Å². The quantitative estimate of drug-likeness (QED) is 0.317. The molecule has 6 atom stereocenters. The molecule has 2 N–H and O–H groups in total. The number of methoxy groups -OCH3 is 2. The van der Waals surface area contributed by atoms with Crippen LogP contribution >= 0.6 is 0 Å². The molecule has 0 aromatic carbocycles. The summed E-state index contributed by atoms with van der Waals surface area (Å²) in [7, 11) is 5.04. The van der Waals surface area contributed by atoms with Crippen molar-refractivity contribution >= 4 is 12.1 Å². The first-order valence-electron chi connectivity index (χ1n) is 9.96. The van der Waals surface area contributed by atoms with Crippen LogP contribution in [0.2, 0.25) is 0 Å². The molecule has 0 heterocycles. The molecule has 166 valence electrons. The van der Waals surface area contributed by atoms with E-state index in [1.165, 1.54) is 7.11 Å². The Hall–Kier alpha value is -0.860. The van der Waals surface area contributed by atoms with E-state index in [9.17, 15) is 19.8 Å². The molecule has 0 aromatic rings. The van der Waals surface area contributed by atoms with Gasteiger partial charge in [0.15, 0.2) is 0 Å². The van der Waals surface area contributed by atoms with Gasteiger partial charge in [-0.25, -0.2) is 0 Å². The van der Waals surface area contributed by atoms with E-state index in [1.54, 1.807) is 21.0 Å². The van der Waals surface area contributed by atoms with Crippen molar-refractivity contribution in [2.75, 3.05) is 34.4 Å². The minimum Gasteiger partial charge on any atom is -0.388 e. The zero-order chi connectivity index (χ0) is 22.1. The summed E-state index contributed by atoms with van der Waals surface area (Å²) in [5.41, 5.74) is -1.80. The van der Waals surface area contributed by atoms with Gasteiger partial charge in [-0.1, -0.05) is 6.92 Å². The topological polar surface area (TPSA) is 96.3 Å². The van der Waals surface area contributed by atoms with E-state index in [0.29, 0.717) is 25.7 Å². The minimum absolute atomic E-state index is 0.0525. The maximum Gasteiger partial charge on any atom is 0.142 e. The van der Waals surface area contributed by atoms with E-state index in [0.717, 1.165) is 6.42 Å². The Balaban J connectivity index is 4.79. The van der Waals surface area contributed by atoms with Crippen molar-refractivity contribution in [1.29, 1.82) is 0 Å². The van der Waals surface area contributed by atoms with Gasteiger partial charge < -0.3 is 29.4 Å². The molecule has 0 fully saturated rings. The summed E-state index contributed by atoms with van der Waals surface area (Å²) in [5, 5.41) is 20.9. The summed E-state index contributed by atoms with van der Waals surface area (Å²) >= 11 is 0. The normalized spacial score (nSPS) is 20.7. The number of carbonyl (C=O) groups excluding carboxylic acids is 2. The molecule has 0 aliphatic heterocycles. The molecule has 0 rings (SSSR count). The second kappa shape index (κ2) is 12.0. The summed E-state index contributed by atoms with van der Waals surface area (Å²) in [4.78, 5) is 24.7. The monoisotopic (exact) mass is 403 g/mol. The molecule has 7 heteroatoms. The average molecular weight is 404 g/mol. The number of rotatable bonds is 15. The maximum absolute atomic E-state index is 12.0. The molecule has 0 amide bonds. The number of hydrogen-bond donors (Lipinski definition) is 2. The predicted octanol–water partition coefficient (Wildman–Crippen LogP) is 1.68. The fourth-order valence-corrected chi connectivity index (χ4v) is 3.58. The number of hydrogen-bond acceptors (Lipinski definition) is 7. The van der Waals surface area contributed by atoms with Crippen LogP contribution in [-0.4, -0.2) is 84.9 Å². The summed E-state index contributed by atoms with van der Waals surface area (Å²) < 4.78 is 10.7. The van der Waals surface area contributed by atoms with Crippen molar-refractivity contribution < 1.29 is 29.3 Å². The van der Waals surface area contributed by atoms with Crippen molar-refractivity contribution in [1.82, 2.24) is 4.90 Å². The number of aliphatic hydroxyl groups is 2. The van der Waals surface area contributed by atoms with Crippen molar-refractivity contribution in [3.05, 3.63) is 0 Å². The minimum atomic E-state index is -1.33. The highest BCUT2D eigenvalue weighted by atomic mass is 16.5. The standard InChI is InChI=1S/C21H41NO6/c1-15(11-20(4,28-8)10-9-18(24)16(2)13-23)12-22(6)17(3)19(25)21(5,26)14-27-7/h13,15-17,19,25-26H,9-12,14H2,1-8H3/t15-,16?,17?,19?,20+,21-/m1/s1. The number of ether oxygens (including phenoxy) is 2. The van der Waals surface area contributed by atoms with Crippen molar-refractivity contribution in [2.45, 2.75) is 77.2 Å². The van der Waals surface area contributed by atoms with Gasteiger partial charge in [-0.05, 0) is 53.5 Å². The first kappa shape index (κ1) is 27.1. The number of Topliss-reactive ketones (excluding diaryl/α,β-unsaturated/α-hetero) is 1. The van der Waals surface area contributed by atoms with Crippen LogP contribution in [-0.2, 0) is 19.1 Å². The fraction of sp³-hybridized carbons (Fsp3) is 0.905. The molecule has 0 aliphatic carbocycles. The van der Waals surface area contributed by atoms with Gasteiger partial charge >= 0.3 is 0 Å². The third kappa shape index (κ3) is 8.66. The van der Waals surface area contributed by atoms with Gasteiger partial charge in [0.1, 0.15) is 17.7 Å². The van der Waals surface area contributed by atoms with E-state index in [2.05, 4.69) is 6.92 Å². The van der Waals surface area contributed by atoms with Gasteiger partial charge in [0.2, 0.25) is 0 Å². The number of carbonyl (C=O) groups is 2. The van der Waals surface area contributed by atoms with Crippen LogP contribution in [0.1, 0.15) is 53.9 Å². The molecule has 3 unspecified atom stereocenters. The zero-order valence-corrected chi connectivity index (χ0v) is 18.9. The third-order valence-corrected chi connectivity index (χ3v) is 5.71. The predicted molar refractivity (Wildman–Crippen MR) is 109 cm³/mol. The number of aldehydes is 1. The second-order valence-corrected chi connectivity index (χ2v) is 8.77. The Morgan fingerprint density at radius 3 is 2.25 bits per heavy atom. The average Bonchev–Trinajstić information content (AvgIpc) is 2.63. The summed E-state index contributed by atoms with van der Waals surface area (Å²) in [6.07, 6.45) is 1.31. The van der Waals surface area contributed by atoms with Crippen LogP contribution in [0.25, 0.3) is 0 Å². The van der Waals surface area contributed by atoms with E-state index in [1.807, 2.05) is 25.8 Å². The van der Waals surface area contributed by atoms with Crippen molar-refractivity contribution in [2.24, 2.45) is 11.8 Å². The van der Waals surface area contributed by atoms with Gasteiger partial charge in [0.25, 0.3) is 0 Å². The van der Waals surface area contributed by atoms with Gasteiger partial charge in [-0.3, -0.25) is 4.79 Å². The molecular formula is C21H41NO6. The van der Waals surface area contributed by atoms with E-state index in [4.69, 9.17) is 9.47 Å². The Morgan fingerprint density at radius 1 is 1.21 bits per heavy atom. The molecule has 7 nitrogen and oxygen atoms in total. The maximum atomic E-state index is 12.0. The molecule has 28 heavy (non-hydrogen) atoms.